The van der Waals surface area contributed by atoms with E-state index in [0.29, 0.717) is 11.3 Å². The number of anilines is 1. The average Bonchev–Trinajstić information content (AvgIpc) is 2.74. The van der Waals surface area contributed by atoms with Crippen LogP contribution in [0.15, 0.2) is 70.5 Å². The standard InChI is InChI=1S/C21H19N3O6S/c1-29-13-5-7-15(8-6-13)31(27,28)16-10-17(21(25)26)19(18(22)11-16)30-14-4-2-3-12(9-14)20(23)24/h2-11H,22H2,1H3,(H3,23,24)(H,25,26). The number of nitrogen functional groups attached to an aromatic ring is 2. The summed E-state index contributed by atoms with van der Waals surface area (Å²) in [6.07, 6.45) is 0. The molecule has 0 aromatic heterocycles. The number of carbonyl (C=O) groups is 1. The molecule has 31 heavy (non-hydrogen) atoms. The van der Waals surface area contributed by atoms with E-state index in [1.165, 1.54) is 43.5 Å². The van der Waals surface area contributed by atoms with Gasteiger partial charge >= 0.3 is 5.97 Å². The van der Waals surface area contributed by atoms with Gasteiger partial charge in [-0.2, -0.15) is 0 Å². The van der Waals surface area contributed by atoms with Crippen LogP contribution in [-0.2, 0) is 9.84 Å². The van der Waals surface area contributed by atoms with Crippen LogP contribution in [0.25, 0.3) is 0 Å². The number of carboxylic acids is 1. The van der Waals surface area contributed by atoms with Gasteiger partial charge < -0.3 is 26.0 Å². The second-order valence-corrected chi connectivity index (χ2v) is 8.37. The highest BCUT2D eigenvalue weighted by molar-refractivity contribution is 7.91. The third-order valence-electron chi connectivity index (χ3n) is 4.37. The van der Waals surface area contributed by atoms with Crippen LogP contribution in [0.3, 0.4) is 0 Å². The number of carboxylic acid groups (broad SMARTS) is 1. The van der Waals surface area contributed by atoms with Gasteiger partial charge in [-0.3, -0.25) is 5.41 Å². The van der Waals surface area contributed by atoms with Crippen LogP contribution in [0.5, 0.6) is 17.2 Å². The molecule has 0 amide bonds. The number of hydrogen-bond acceptors (Lipinski definition) is 7. The van der Waals surface area contributed by atoms with Crippen LogP contribution in [0, 0.1) is 5.41 Å². The number of nitrogens with one attached hydrogen (secondary N) is 1. The molecule has 10 heteroatoms. The smallest absolute Gasteiger partial charge is 0.339 e. The van der Waals surface area contributed by atoms with Crippen molar-refractivity contribution in [3.63, 3.8) is 0 Å². The van der Waals surface area contributed by atoms with Crippen LogP contribution < -0.4 is 20.9 Å². The molecule has 6 N–H and O–H groups in total. The van der Waals surface area contributed by atoms with Crippen LogP contribution in [0.1, 0.15) is 15.9 Å². The minimum Gasteiger partial charge on any atom is -0.497 e. The largest absolute Gasteiger partial charge is 0.497 e. The van der Waals surface area contributed by atoms with E-state index in [9.17, 15) is 18.3 Å². The maximum atomic E-state index is 13.0. The highest BCUT2D eigenvalue weighted by atomic mass is 32.2. The van der Waals surface area contributed by atoms with E-state index < -0.39 is 21.4 Å². The molecule has 0 spiro atoms. The van der Waals surface area contributed by atoms with Gasteiger partial charge in [0.2, 0.25) is 9.84 Å². The molecule has 3 aromatic carbocycles. The number of ether oxygens (including phenoxy) is 2. The first-order valence-corrected chi connectivity index (χ1v) is 10.3. The second-order valence-electron chi connectivity index (χ2n) is 6.42. The van der Waals surface area contributed by atoms with Gasteiger partial charge in [0, 0.05) is 5.56 Å². The predicted molar refractivity (Wildman–Crippen MR) is 114 cm³/mol. The van der Waals surface area contributed by atoms with E-state index in [2.05, 4.69) is 0 Å². The number of hydrogen-bond donors (Lipinski definition) is 4. The third kappa shape index (κ3) is 4.43. The first-order chi connectivity index (χ1) is 14.6. The van der Waals surface area contributed by atoms with Crippen LogP contribution in [-0.4, -0.2) is 32.4 Å². The summed E-state index contributed by atoms with van der Waals surface area (Å²) in [7, 11) is -2.60. The lowest BCUT2D eigenvalue weighted by Gasteiger charge is -2.14. The molecule has 160 valence electrons. The number of amidine groups is 1. The summed E-state index contributed by atoms with van der Waals surface area (Å²) in [6.45, 7) is 0. The Kier molecular flexibility index (Phi) is 5.84. The summed E-state index contributed by atoms with van der Waals surface area (Å²) in [5.74, 6) is -1.18. The number of aromatic carboxylic acids is 1. The molecule has 3 aromatic rings. The van der Waals surface area contributed by atoms with Crippen molar-refractivity contribution in [3.8, 4) is 17.2 Å². The summed E-state index contributed by atoms with van der Waals surface area (Å²) in [4.78, 5) is 11.5. The van der Waals surface area contributed by atoms with Crippen molar-refractivity contribution >= 4 is 27.3 Å². The minimum absolute atomic E-state index is 0.0492. The van der Waals surface area contributed by atoms with Crippen molar-refractivity contribution in [2.45, 2.75) is 9.79 Å². The fraction of sp³-hybridized carbons (Fsp3) is 0.0476. The van der Waals surface area contributed by atoms with Gasteiger partial charge in [-0.1, -0.05) is 12.1 Å². The van der Waals surface area contributed by atoms with Gasteiger partial charge in [0.1, 0.15) is 22.9 Å². The summed E-state index contributed by atoms with van der Waals surface area (Å²) < 4.78 is 36.6. The highest BCUT2D eigenvalue weighted by Crippen LogP contribution is 2.36. The Morgan fingerprint density at radius 3 is 2.26 bits per heavy atom. The quantitative estimate of drug-likeness (QED) is 0.247. The zero-order valence-electron chi connectivity index (χ0n) is 16.3. The molecule has 0 bridgehead atoms. The van der Waals surface area contributed by atoms with Crippen molar-refractivity contribution in [1.29, 1.82) is 5.41 Å². The molecule has 0 saturated heterocycles. The summed E-state index contributed by atoms with van der Waals surface area (Å²) in [6, 6.07) is 13.9. The van der Waals surface area contributed by atoms with E-state index in [4.69, 9.17) is 26.4 Å². The van der Waals surface area contributed by atoms with Crippen molar-refractivity contribution < 1.29 is 27.8 Å². The zero-order valence-corrected chi connectivity index (χ0v) is 17.1. The molecule has 0 saturated carbocycles. The monoisotopic (exact) mass is 441 g/mol. The molecule has 0 atom stereocenters. The van der Waals surface area contributed by atoms with E-state index in [0.717, 1.165) is 12.1 Å². The maximum Gasteiger partial charge on any atom is 0.339 e. The van der Waals surface area contributed by atoms with Gasteiger partial charge in [0.15, 0.2) is 5.75 Å². The predicted octanol–water partition coefficient (Wildman–Crippen LogP) is 2.88. The van der Waals surface area contributed by atoms with Gasteiger partial charge in [-0.25, -0.2) is 13.2 Å². The van der Waals surface area contributed by atoms with E-state index in [1.54, 1.807) is 12.1 Å². The number of methoxy groups -OCH3 is 1. The maximum absolute atomic E-state index is 13.0. The first-order valence-electron chi connectivity index (χ1n) is 8.81. The van der Waals surface area contributed by atoms with Gasteiger partial charge in [-0.05, 0) is 48.5 Å². The summed E-state index contributed by atoms with van der Waals surface area (Å²) in [5, 5.41) is 17.1. The molecule has 0 unspecified atom stereocenters. The first kappa shape index (κ1) is 21.7. The molecule has 0 aliphatic heterocycles. The Labute approximate surface area is 178 Å². The number of benzene rings is 3. The Balaban J connectivity index is 2.07. The highest BCUT2D eigenvalue weighted by Gasteiger charge is 2.24. The van der Waals surface area contributed by atoms with Crippen molar-refractivity contribution in [2.24, 2.45) is 5.73 Å². The van der Waals surface area contributed by atoms with E-state index >= 15 is 0 Å². The molecule has 9 nitrogen and oxygen atoms in total. The molecule has 0 heterocycles. The lowest BCUT2D eigenvalue weighted by molar-refractivity contribution is 0.0694. The third-order valence-corrected chi connectivity index (χ3v) is 6.12. The Hall–Kier alpha value is -4.05. The van der Waals surface area contributed by atoms with Crippen LogP contribution >= 0.6 is 0 Å². The van der Waals surface area contributed by atoms with Crippen LogP contribution in [0.2, 0.25) is 0 Å². The Morgan fingerprint density at radius 1 is 1.00 bits per heavy atom. The number of sulfone groups is 1. The fourth-order valence-corrected chi connectivity index (χ4v) is 4.11. The normalized spacial score (nSPS) is 11.0. The van der Waals surface area contributed by atoms with Gasteiger partial charge in [-0.15, -0.1) is 0 Å². The van der Waals surface area contributed by atoms with E-state index in [-0.39, 0.29) is 32.8 Å². The SMILES string of the molecule is COc1ccc(S(=O)(=O)c2cc(N)c(Oc3cccc(C(=N)N)c3)c(C(=O)O)c2)cc1. The fourth-order valence-electron chi connectivity index (χ4n) is 2.79. The molecule has 0 radical (unpaired) electrons. The number of rotatable bonds is 7. The zero-order chi connectivity index (χ0) is 22.8. The molecule has 3 rings (SSSR count). The molecular weight excluding hydrogens is 422 g/mol. The summed E-state index contributed by atoms with van der Waals surface area (Å²) >= 11 is 0. The molecule has 0 aliphatic carbocycles. The average molecular weight is 441 g/mol. The topological polar surface area (TPSA) is 166 Å². The second kappa shape index (κ2) is 8.36. The summed E-state index contributed by atoms with van der Waals surface area (Å²) in [5.41, 5.74) is 11.2. The Morgan fingerprint density at radius 2 is 1.68 bits per heavy atom. The van der Waals surface area contributed by atoms with Gasteiger partial charge in [0.25, 0.3) is 0 Å². The van der Waals surface area contributed by atoms with Crippen molar-refractivity contribution in [2.75, 3.05) is 12.8 Å². The molecular formula is C21H19N3O6S. The minimum atomic E-state index is -4.05. The van der Waals surface area contributed by atoms with Gasteiger partial charge in [0.05, 0.1) is 22.6 Å². The number of nitrogens with two attached hydrogens (primary N) is 2. The van der Waals surface area contributed by atoms with Crippen molar-refractivity contribution in [3.05, 3.63) is 71.8 Å². The van der Waals surface area contributed by atoms with Crippen LogP contribution in [0.4, 0.5) is 5.69 Å². The lowest BCUT2D eigenvalue weighted by atomic mass is 10.1. The van der Waals surface area contributed by atoms with E-state index in [1.807, 2.05) is 0 Å². The molecule has 0 aliphatic rings. The lowest BCUT2D eigenvalue weighted by Crippen LogP contribution is -2.11. The van der Waals surface area contributed by atoms with Crippen molar-refractivity contribution in [1.82, 2.24) is 0 Å². The molecule has 0 fully saturated rings. The Bertz CT molecular complexity index is 1270.